The molecular formula is C7H6IN3. The molecule has 2 rings (SSSR count). The number of aromatic nitrogens is 3. The number of aryl methyl sites for hydroxylation is 1. The van der Waals surface area contributed by atoms with Crippen molar-refractivity contribution < 1.29 is 0 Å². The molecule has 2 aliphatic heterocycles. The van der Waals surface area contributed by atoms with Gasteiger partial charge in [0.2, 0.25) is 0 Å². The second-order valence-electron chi connectivity index (χ2n) is 2.33. The maximum atomic E-state index is 4.20. The van der Waals surface area contributed by atoms with Gasteiger partial charge in [0.05, 0.1) is 0 Å². The first-order chi connectivity index (χ1) is 5.27. The van der Waals surface area contributed by atoms with Crippen molar-refractivity contribution in [2.24, 2.45) is 7.05 Å². The Hall–Kier alpha value is -0.650. The molecule has 56 valence electrons. The van der Waals surface area contributed by atoms with E-state index in [4.69, 9.17) is 0 Å². The Bertz CT molecular complexity index is 355. The fourth-order valence-corrected chi connectivity index (χ4v) is 1.52. The van der Waals surface area contributed by atoms with Gasteiger partial charge in [-0.3, -0.25) is 4.68 Å². The third kappa shape index (κ3) is 1.11. The van der Waals surface area contributed by atoms with Crippen LogP contribution in [0.15, 0.2) is 18.5 Å². The van der Waals surface area contributed by atoms with E-state index in [2.05, 4.69) is 32.7 Å². The smallest absolute Gasteiger partial charge is 0.180 e. The monoisotopic (exact) mass is 259 g/mol. The third-order valence-electron chi connectivity index (χ3n) is 1.51. The summed E-state index contributed by atoms with van der Waals surface area (Å²) in [6.07, 6.45) is 3.75. The number of hydrogen-bond donors (Lipinski definition) is 0. The van der Waals surface area contributed by atoms with Crippen LogP contribution in [0, 0.1) is 3.57 Å². The number of hydrogen-bond acceptors (Lipinski definition) is 2. The zero-order valence-corrected chi connectivity index (χ0v) is 8.11. The Balaban J connectivity index is 2.74. The van der Waals surface area contributed by atoms with E-state index in [9.17, 15) is 0 Å². The van der Waals surface area contributed by atoms with Gasteiger partial charge in [0.25, 0.3) is 0 Å². The van der Waals surface area contributed by atoms with Crippen molar-refractivity contribution in [3.05, 3.63) is 22.0 Å². The Labute approximate surface area is 77.9 Å². The molecule has 0 amide bonds. The maximum absolute atomic E-state index is 4.20. The number of halogens is 1. The lowest BCUT2D eigenvalue weighted by Gasteiger charge is -1.99. The minimum atomic E-state index is 0.819. The third-order valence-corrected chi connectivity index (χ3v) is 2.37. The summed E-state index contributed by atoms with van der Waals surface area (Å²) in [7, 11) is 1.89. The zero-order chi connectivity index (χ0) is 7.84. The Kier molecular flexibility index (Phi) is 1.56. The Morgan fingerprint density at radius 3 is 3.18 bits per heavy atom. The van der Waals surface area contributed by atoms with Gasteiger partial charge in [0.15, 0.2) is 5.82 Å². The van der Waals surface area contributed by atoms with Crippen molar-refractivity contribution in [3.8, 4) is 11.4 Å². The fourth-order valence-electron chi connectivity index (χ4n) is 0.963. The lowest BCUT2D eigenvalue weighted by Crippen LogP contribution is -1.98. The van der Waals surface area contributed by atoms with E-state index in [0.29, 0.717) is 0 Å². The summed E-state index contributed by atoms with van der Waals surface area (Å²) in [4.78, 5) is 4.14. The largest absolute Gasteiger partial charge is 0.274 e. The van der Waals surface area contributed by atoms with Crippen LogP contribution in [0.1, 0.15) is 0 Å². The average molecular weight is 259 g/mol. The van der Waals surface area contributed by atoms with Gasteiger partial charge < -0.3 is 0 Å². The molecule has 4 heteroatoms. The van der Waals surface area contributed by atoms with Gasteiger partial charge in [-0.1, -0.05) is 0 Å². The first-order valence-corrected chi connectivity index (χ1v) is 4.29. The minimum Gasteiger partial charge on any atom is -0.274 e. The molecule has 0 aromatic carbocycles. The predicted molar refractivity (Wildman–Crippen MR) is 50.3 cm³/mol. The molecule has 2 aliphatic rings. The molecule has 0 bridgehead atoms. The van der Waals surface area contributed by atoms with E-state index in [1.165, 1.54) is 0 Å². The van der Waals surface area contributed by atoms with Crippen LogP contribution in [0.4, 0.5) is 0 Å². The van der Waals surface area contributed by atoms with Crippen molar-refractivity contribution >= 4 is 22.6 Å². The molecule has 3 nitrogen and oxygen atoms in total. The van der Waals surface area contributed by atoms with Crippen LogP contribution in [-0.4, -0.2) is 14.8 Å². The second-order valence-corrected chi connectivity index (χ2v) is 3.50. The SMILES string of the molecule is Cn1ccc2c(I)cnc-2n1. The first kappa shape index (κ1) is 7.02. The standard InChI is InChI=1S/C7H6IN3/c1-11-3-2-5-6(8)4-9-7(5)10-11/h2-4H,1H3. The van der Waals surface area contributed by atoms with E-state index in [1.54, 1.807) is 4.68 Å². The molecule has 0 fully saturated rings. The van der Waals surface area contributed by atoms with Crippen LogP contribution in [-0.2, 0) is 7.05 Å². The van der Waals surface area contributed by atoms with E-state index in [1.807, 2.05) is 25.5 Å². The summed E-state index contributed by atoms with van der Waals surface area (Å²) < 4.78 is 2.91. The summed E-state index contributed by atoms with van der Waals surface area (Å²) in [5.41, 5.74) is 1.13. The summed E-state index contributed by atoms with van der Waals surface area (Å²) in [5.74, 6) is 0.819. The van der Waals surface area contributed by atoms with Gasteiger partial charge in [0, 0.05) is 28.6 Å². The summed E-state index contributed by atoms with van der Waals surface area (Å²) in [6, 6.07) is 2.02. The van der Waals surface area contributed by atoms with Crippen molar-refractivity contribution in [3.63, 3.8) is 0 Å². The van der Waals surface area contributed by atoms with Crippen LogP contribution in [0.2, 0.25) is 0 Å². The van der Waals surface area contributed by atoms with Crippen molar-refractivity contribution in [2.75, 3.05) is 0 Å². The van der Waals surface area contributed by atoms with Gasteiger partial charge in [0.1, 0.15) is 0 Å². The molecule has 0 saturated heterocycles. The quantitative estimate of drug-likeness (QED) is 0.671. The van der Waals surface area contributed by atoms with E-state index in [0.717, 1.165) is 15.0 Å². The topological polar surface area (TPSA) is 30.7 Å². The average Bonchev–Trinajstić information content (AvgIpc) is 2.32. The lowest BCUT2D eigenvalue weighted by atomic mass is 10.3. The summed E-state index contributed by atoms with van der Waals surface area (Å²) in [6.45, 7) is 0. The normalized spacial score (nSPS) is 10.7. The molecular weight excluding hydrogens is 253 g/mol. The molecule has 0 aliphatic carbocycles. The van der Waals surface area contributed by atoms with E-state index < -0.39 is 0 Å². The lowest BCUT2D eigenvalue weighted by molar-refractivity contribution is 0.736. The predicted octanol–water partition coefficient (Wildman–Crippen LogP) is 1.52. The first-order valence-electron chi connectivity index (χ1n) is 3.21. The van der Waals surface area contributed by atoms with Crippen molar-refractivity contribution in [1.29, 1.82) is 0 Å². The molecule has 0 saturated carbocycles. The Morgan fingerprint density at radius 1 is 1.55 bits per heavy atom. The highest BCUT2D eigenvalue weighted by Gasteiger charge is 2.09. The molecule has 11 heavy (non-hydrogen) atoms. The highest BCUT2D eigenvalue weighted by atomic mass is 127. The van der Waals surface area contributed by atoms with Gasteiger partial charge in [-0.2, -0.15) is 5.10 Å². The minimum absolute atomic E-state index is 0.819. The van der Waals surface area contributed by atoms with Crippen LogP contribution >= 0.6 is 22.6 Å². The Morgan fingerprint density at radius 2 is 2.36 bits per heavy atom. The van der Waals surface area contributed by atoms with Crippen molar-refractivity contribution in [1.82, 2.24) is 14.8 Å². The highest BCUT2D eigenvalue weighted by molar-refractivity contribution is 14.1. The van der Waals surface area contributed by atoms with Gasteiger partial charge in [-0.25, -0.2) is 4.98 Å². The van der Waals surface area contributed by atoms with Crippen LogP contribution < -0.4 is 0 Å². The van der Waals surface area contributed by atoms with Crippen LogP contribution in [0.25, 0.3) is 11.4 Å². The van der Waals surface area contributed by atoms with Gasteiger partial charge >= 0.3 is 0 Å². The summed E-state index contributed by atoms with van der Waals surface area (Å²) in [5, 5.41) is 4.20. The van der Waals surface area contributed by atoms with E-state index in [-0.39, 0.29) is 0 Å². The highest BCUT2D eigenvalue weighted by Crippen LogP contribution is 2.22. The molecule has 0 spiro atoms. The number of fused-ring (bicyclic) bond motifs is 1. The van der Waals surface area contributed by atoms with Crippen LogP contribution in [0.3, 0.4) is 0 Å². The maximum Gasteiger partial charge on any atom is 0.180 e. The molecule has 0 aromatic rings. The second kappa shape index (κ2) is 2.44. The van der Waals surface area contributed by atoms with Crippen molar-refractivity contribution in [2.45, 2.75) is 0 Å². The van der Waals surface area contributed by atoms with Gasteiger partial charge in [-0.05, 0) is 28.7 Å². The summed E-state index contributed by atoms with van der Waals surface area (Å²) >= 11 is 2.25. The fraction of sp³-hybridized carbons (Fsp3) is 0.143. The molecule has 0 aromatic heterocycles. The van der Waals surface area contributed by atoms with Crippen LogP contribution in [0.5, 0.6) is 0 Å². The zero-order valence-electron chi connectivity index (χ0n) is 5.95. The number of rotatable bonds is 0. The molecule has 0 N–H and O–H groups in total. The number of nitrogens with zero attached hydrogens (tertiary/aromatic N) is 3. The molecule has 0 unspecified atom stereocenters. The van der Waals surface area contributed by atoms with E-state index >= 15 is 0 Å². The molecule has 0 atom stereocenters. The molecule has 0 radical (unpaired) electrons. The van der Waals surface area contributed by atoms with Gasteiger partial charge in [-0.15, -0.1) is 0 Å². The molecule has 2 heterocycles.